The van der Waals surface area contributed by atoms with Crippen molar-refractivity contribution in [2.24, 2.45) is 0 Å². The summed E-state index contributed by atoms with van der Waals surface area (Å²) in [6, 6.07) is 11.5. The Morgan fingerprint density at radius 2 is 1.79 bits per heavy atom. The summed E-state index contributed by atoms with van der Waals surface area (Å²) in [4.78, 5) is 12.1. The van der Waals surface area contributed by atoms with Gasteiger partial charge in [-0.25, -0.2) is 21.6 Å². The first-order valence-electron chi connectivity index (χ1n) is 9.10. The zero-order chi connectivity index (χ0) is 21.4. The predicted molar refractivity (Wildman–Crippen MR) is 109 cm³/mol. The molecule has 1 heterocycles. The third-order valence-corrected chi connectivity index (χ3v) is 5.98. The van der Waals surface area contributed by atoms with E-state index < -0.39 is 33.6 Å². The van der Waals surface area contributed by atoms with E-state index in [2.05, 4.69) is 5.32 Å². The largest absolute Gasteiger partial charge is 0.444 e. The van der Waals surface area contributed by atoms with Crippen molar-refractivity contribution in [2.75, 3.05) is 0 Å². The van der Waals surface area contributed by atoms with Crippen molar-refractivity contribution >= 4 is 27.0 Å². The Kier molecular flexibility index (Phi) is 5.40. The van der Waals surface area contributed by atoms with Crippen LogP contribution in [0.2, 0.25) is 0 Å². The summed E-state index contributed by atoms with van der Waals surface area (Å²) < 4.78 is 46.9. The van der Waals surface area contributed by atoms with Crippen molar-refractivity contribution < 1.29 is 22.3 Å². The Bertz CT molecular complexity index is 1150. The molecule has 0 bridgehead atoms. The van der Waals surface area contributed by atoms with Crippen LogP contribution >= 0.6 is 0 Å². The van der Waals surface area contributed by atoms with Crippen molar-refractivity contribution in [3.05, 3.63) is 66.1 Å². The minimum atomic E-state index is -3.84. The lowest BCUT2D eigenvalue weighted by atomic mass is 10.1. The highest BCUT2D eigenvalue weighted by atomic mass is 32.2. The highest BCUT2D eigenvalue weighted by molar-refractivity contribution is 7.90. The lowest BCUT2D eigenvalue weighted by Crippen LogP contribution is -2.34. The van der Waals surface area contributed by atoms with Gasteiger partial charge in [-0.15, -0.1) is 0 Å². The van der Waals surface area contributed by atoms with Crippen molar-refractivity contribution in [1.29, 1.82) is 0 Å². The first-order valence-corrected chi connectivity index (χ1v) is 10.5. The van der Waals surface area contributed by atoms with Gasteiger partial charge in [-0.2, -0.15) is 0 Å². The molecule has 154 valence electrons. The molecule has 1 amide bonds. The number of benzene rings is 2. The van der Waals surface area contributed by atoms with E-state index in [0.29, 0.717) is 10.9 Å². The van der Waals surface area contributed by atoms with Crippen LogP contribution in [-0.2, 0) is 14.8 Å². The standard InChI is InChI=1S/C21H23FN2O4S/c1-14(23-20(25)28-21(2,3)4)17-13-19-15(12-18(17)22)10-11-24(19)29(26,27)16-8-6-5-7-9-16/h5-14H,1-4H3,(H,23,25). The van der Waals surface area contributed by atoms with E-state index in [0.717, 1.165) is 3.97 Å². The van der Waals surface area contributed by atoms with Gasteiger partial charge in [0.15, 0.2) is 0 Å². The highest BCUT2D eigenvalue weighted by Crippen LogP contribution is 2.28. The monoisotopic (exact) mass is 418 g/mol. The normalized spacial score (nSPS) is 13.3. The molecule has 0 aliphatic rings. The zero-order valence-electron chi connectivity index (χ0n) is 16.6. The summed E-state index contributed by atoms with van der Waals surface area (Å²) in [6.45, 7) is 6.79. The Morgan fingerprint density at radius 1 is 1.14 bits per heavy atom. The number of nitrogens with one attached hydrogen (secondary N) is 1. The molecular weight excluding hydrogens is 395 g/mol. The van der Waals surface area contributed by atoms with E-state index in [1.54, 1.807) is 45.9 Å². The number of alkyl carbamates (subject to hydrolysis) is 1. The molecule has 1 atom stereocenters. The third kappa shape index (κ3) is 4.42. The Morgan fingerprint density at radius 3 is 2.41 bits per heavy atom. The van der Waals surface area contributed by atoms with E-state index in [-0.39, 0.29) is 10.5 Å². The zero-order valence-corrected chi connectivity index (χ0v) is 17.5. The summed E-state index contributed by atoms with van der Waals surface area (Å²) in [5.74, 6) is -0.545. The average molecular weight is 418 g/mol. The number of rotatable bonds is 4. The molecule has 1 unspecified atom stereocenters. The van der Waals surface area contributed by atoms with Crippen LogP contribution in [0.25, 0.3) is 10.9 Å². The Balaban J connectivity index is 2.00. The number of hydrogen-bond donors (Lipinski definition) is 1. The number of amides is 1. The first-order chi connectivity index (χ1) is 13.5. The van der Waals surface area contributed by atoms with Crippen molar-refractivity contribution in [3.63, 3.8) is 0 Å². The van der Waals surface area contributed by atoms with Crippen LogP contribution < -0.4 is 5.32 Å². The van der Waals surface area contributed by atoms with E-state index in [1.165, 1.54) is 36.5 Å². The summed E-state index contributed by atoms with van der Waals surface area (Å²) in [6.07, 6.45) is 0.708. The smallest absolute Gasteiger partial charge is 0.408 e. The third-order valence-electron chi connectivity index (χ3n) is 4.27. The van der Waals surface area contributed by atoms with Gasteiger partial charge in [0, 0.05) is 17.1 Å². The van der Waals surface area contributed by atoms with E-state index in [4.69, 9.17) is 4.74 Å². The van der Waals surface area contributed by atoms with Gasteiger partial charge >= 0.3 is 6.09 Å². The summed E-state index contributed by atoms with van der Waals surface area (Å²) in [5.41, 5.74) is -0.209. The molecule has 0 radical (unpaired) electrons. The van der Waals surface area contributed by atoms with Gasteiger partial charge in [0.05, 0.1) is 16.5 Å². The topological polar surface area (TPSA) is 77.4 Å². The first kappa shape index (κ1) is 20.9. The number of carbonyl (C=O) groups is 1. The van der Waals surface area contributed by atoms with Crippen LogP contribution in [0, 0.1) is 5.82 Å². The van der Waals surface area contributed by atoms with Crippen molar-refractivity contribution in [2.45, 2.75) is 44.2 Å². The Labute approximate surface area is 169 Å². The number of carbonyl (C=O) groups excluding carboxylic acids is 1. The van der Waals surface area contributed by atoms with E-state index in [9.17, 15) is 17.6 Å². The number of hydrogen-bond acceptors (Lipinski definition) is 4. The fraction of sp³-hybridized carbons (Fsp3) is 0.286. The second-order valence-electron chi connectivity index (χ2n) is 7.73. The number of halogens is 1. The maximum absolute atomic E-state index is 14.6. The predicted octanol–water partition coefficient (Wildman–Crippen LogP) is 4.60. The second kappa shape index (κ2) is 7.51. The van der Waals surface area contributed by atoms with E-state index >= 15 is 0 Å². The fourth-order valence-corrected chi connectivity index (χ4v) is 4.32. The molecule has 0 spiro atoms. The van der Waals surface area contributed by atoms with Crippen LogP contribution in [0.5, 0.6) is 0 Å². The number of aromatic nitrogens is 1. The molecule has 0 saturated carbocycles. The summed E-state index contributed by atoms with van der Waals surface area (Å²) in [5, 5.41) is 3.02. The summed E-state index contributed by atoms with van der Waals surface area (Å²) >= 11 is 0. The van der Waals surface area contributed by atoms with Crippen molar-refractivity contribution in [1.82, 2.24) is 9.29 Å². The van der Waals surface area contributed by atoms with Crippen molar-refractivity contribution in [3.8, 4) is 0 Å². The molecule has 8 heteroatoms. The van der Waals surface area contributed by atoms with Gasteiger partial charge in [0.2, 0.25) is 0 Å². The van der Waals surface area contributed by atoms with Crippen LogP contribution in [-0.4, -0.2) is 24.1 Å². The van der Waals surface area contributed by atoms with Gasteiger partial charge in [-0.05, 0) is 58.0 Å². The molecule has 0 saturated heterocycles. The van der Waals surface area contributed by atoms with Gasteiger partial charge in [-0.1, -0.05) is 18.2 Å². The van der Waals surface area contributed by atoms with Gasteiger partial charge in [0.1, 0.15) is 11.4 Å². The quantitative estimate of drug-likeness (QED) is 0.672. The number of nitrogens with zero attached hydrogens (tertiary/aromatic N) is 1. The number of fused-ring (bicyclic) bond motifs is 1. The lowest BCUT2D eigenvalue weighted by Gasteiger charge is -2.22. The average Bonchev–Trinajstić information content (AvgIpc) is 3.03. The fourth-order valence-electron chi connectivity index (χ4n) is 2.96. The molecule has 3 rings (SSSR count). The van der Waals surface area contributed by atoms with Crippen LogP contribution in [0.1, 0.15) is 39.3 Å². The van der Waals surface area contributed by atoms with Gasteiger partial charge in [0.25, 0.3) is 10.0 Å². The molecular formula is C21H23FN2O4S. The molecule has 0 aliphatic heterocycles. The number of ether oxygens (including phenoxy) is 1. The molecule has 29 heavy (non-hydrogen) atoms. The maximum Gasteiger partial charge on any atom is 0.408 e. The van der Waals surface area contributed by atoms with E-state index in [1.807, 2.05) is 0 Å². The molecule has 1 N–H and O–H groups in total. The summed E-state index contributed by atoms with van der Waals surface area (Å²) in [7, 11) is -3.84. The van der Waals surface area contributed by atoms with Crippen LogP contribution in [0.4, 0.5) is 9.18 Å². The molecule has 0 aliphatic carbocycles. The minimum Gasteiger partial charge on any atom is -0.444 e. The molecule has 6 nitrogen and oxygen atoms in total. The van der Waals surface area contributed by atoms with Crippen LogP contribution in [0.15, 0.2) is 59.6 Å². The Hall–Kier alpha value is -2.87. The molecule has 1 aromatic heterocycles. The maximum atomic E-state index is 14.6. The van der Waals surface area contributed by atoms with Gasteiger partial charge < -0.3 is 10.1 Å². The lowest BCUT2D eigenvalue weighted by molar-refractivity contribution is 0.0507. The van der Waals surface area contributed by atoms with Crippen LogP contribution in [0.3, 0.4) is 0 Å². The minimum absolute atomic E-state index is 0.128. The SMILES string of the molecule is CC(NC(=O)OC(C)(C)C)c1cc2c(ccn2S(=O)(=O)c2ccccc2)cc1F. The van der Waals surface area contributed by atoms with Gasteiger partial charge in [-0.3, -0.25) is 0 Å². The molecule has 0 fully saturated rings. The molecule has 3 aromatic rings. The molecule has 2 aromatic carbocycles. The second-order valence-corrected chi connectivity index (χ2v) is 9.55. The highest BCUT2D eigenvalue weighted by Gasteiger charge is 2.23.